The molecule has 2 aliphatic carbocycles. The van der Waals surface area contributed by atoms with Crippen LogP contribution in [0, 0.1) is 18.8 Å². The summed E-state index contributed by atoms with van der Waals surface area (Å²) in [5.41, 5.74) is 0. The molecule has 0 aromatic heterocycles. The van der Waals surface area contributed by atoms with E-state index in [-0.39, 0.29) is 0 Å². The van der Waals surface area contributed by atoms with E-state index in [1.54, 1.807) is 0 Å². The Morgan fingerprint density at radius 3 is 1.62 bits per heavy atom. The summed E-state index contributed by atoms with van der Waals surface area (Å²) in [5.74, 6) is 3.14. The largest absolute Gasteiger partial charge is 0.158 e. The van der Waals surface area contributed by atoms with Crippen LogP contribution >= 0.6 is 11.8 Å². The Balaban J connectivity index is 1.91. The first-order valence-corrected chi connectivity index (χ1v) is 8.37. The zero-order chi connectivity index (χ0) is 11.2. The molecule has 0 unspecified atom stereocenters. The molecule has 0 saturated heterocycles. The van der Waals surface area contributed by atoms with Gasteiger partial charge in [0.2, 0.25) is 0 Å². The van der Waals surface area contributed by atoms with Crippen LogP contribution in [0.2, 0.25) is 0 Å². The average Bonchev–Trinajstić information content (AvgIpc) is 2.38. The first-order valence-electron chi connectivity index (χ1n) is 7.32. The minimum atomic E-state index is 0.957. The normalized spacial score (nSPS) is 25.1. The second-order valence-corrected chi connectivity index (χ2v) is 6.92. The van der Waals surface area contributed by atoms with Gasteiger partial charge in [-0.05, 0) is 50.2 Å². The van der Waals surface area contributed by atoms with Crippen LogP contribution in [-0.2, 0) is 0 Å². The van der Waals surface area contributed by atoms with Gasteiger partial charge in [-0.25, -0.2) is 0 Å². The Kier molecular flexibility index (Phi) is 5.55. The number of thioether (sulfide) groups is 1. The highest BCUT2D eigenvalue weighted by molar-refractivity contribution is 8.00. The molecule has 93 valence electrons. The van der Waals surface area contributed by atoms with E-state index in [1.807, 2.05) is 0 Å². The Morgan fingerprint density at radius 2 is 1.25 bits per heavy atom. The SMILES string of the molecule is [CH2]CSC(C1CCCCC1)C1CCCCC1. The fraction of sp³-hybridized carbons (Fsp3) is 0.933. The smallest absolute Gasteiger partial charge is 0.0104 e. The van der Waals surface area contributed by atoms with E-state index in [1.165, 1.54) is 64.2 Å². The maximum atomic E-state index is 4.08. The summed E-state index contributed by atoms with van der Waals surface area (Å²) in [6.07, 6.45) is 15.0. The number of rotatable bonds is 4. The van der Waals surface area contributed by atoms with Crippen molar-refractivity contribution in [1.29, 1.82) is 0 Å². The quantitative estimate of drug-likeness (QED) is 0.659. The molecule has 16 heavy (non-hydrogen) atoms. The number of hydrogen-bond donors (Lipinski definition) is 0. The van der Waals surface area contributed by atoms with Gasteiger partial charge in [0.15, 0.2) is 0 Å². The van der Waals surface area contributed by atoms with E-state index in [0.29, 0.717) is 0 Å². The minimum Gasteiger partial charge on any atom is -0.158 e. The second kappa shape index (κ2) is 6.93. The van der Waals surface area contributed by atoms with Crippen molar-refractivity contribution in [1.82, 2.24) is 0 Å². The molecular formula is C15H27S. The lowest BCUT2D eigenvalue weighted by Gasteiger charge is -2.37. The van der Waals surface area contributed by atoms with Crippen molar-refractivity contribution < 1.29 is 0 Å². The second-order valence-electron chi connectivity index (χ2n) is 5.63. The van der Waals surface area contributed by atoms with Crippen LogP contribution in [0.5, 0.6) is 0 Å². The molecule has 0 bridgehead atoms. The summed E-state index contributed by atoms with van der Waals surface area (Å²) in [4.78, 5) is 0. The van der Waals surface area contributed by atoms with E-state index < -0.39 is 0 Å². The zero-order valence-corrected chi connectivity index (χ0v) is 11.4. The third kappa shape index (κ3) is 3.42. The van der Waals surface area contributed by atoms with Gasteiger partial charge in [-0.2, -0.15) is 11.8 Å². The first-order chi connectivity index (χ1) is 7.92. The van der Waals surface area contributed by atoms with Gasteiger partial charge in [0, 0.05) is 5.25 Å². The van der Waals surface area contributed by atoms with Gasteiger partial charge in [0.1, 0.15) is 0 Å². The van der Waals surface area contributed by atoms with Gasteiger partial charge in [-0.15, -0.1) is 0 Å². The molecule has 0 aromatic carbocycles. The molecule has 0 aliphatic heterocycles. The molecule has 0 nitrogen and oxygen atoms in total. The van der Waals surface area contributed by atoms with Crippen LogP contribution in [0.3, 0.4) is 0 Å². The van der Waals surface area contributed by atoms with Crippen LogP contribution in [-0.4, -0.2) is 11.0 Å². The summed E-state index contributed by atoms with van der Waals surface area (Å²) < 4.78 is 0. The van der Waals surface area contributed by atoms with E-state index >= 15 is 0 Å². The summed E-state index contributed by atoms with van der Waals surface area (Å²) in [7, 11) is 0. The van der Waals surface area contributed by atoms with Crippen LogP contribution in [0.15, 0.2) is 0 Å². The van der Waals surface area contributed by atoms with Gasteiger partial charge in [0.25, 0.3) is 0 Å². The Morgan fingerprint density at radius 1 is 0.812 bits per heavy atom. The third-order valence-electron chi connectivity index (χ3n) is 4.54. The summed E-state index contributed by atoms with van der Waals surface area (Å²) in [6, 6.07) is 0. The molecule has 0 atom stereocenters. The van der Waals surface area contributed by atoms with Gasteiger partial charge in [-0.1, -0.05) is 38.5 Å². The number of hydrogen-bond acceptors (Lipinski definition) is 1. The Bertz CT molecular complexity index is 160. The molecule has 0 spiro atoms. The predicted molar refractivity (Wildman–Crippen MR) is 74.8 cm³/mol. The van der Waals surface area contributed by atoms with Crippen molar-refractivity contribution >= 4 is 11.8 Å². The molecule has 2 aliphatic rings. The molecular weight excluding hydrogens is 212 g/mol. The molecule has 2 rings (SSSR count). The van der Waals surface area contributed by atoms with Crippen molar-refractivity contribution in [2.45, 2.75) is 69.5 Å². The molecule has 2 saturated carbocycles. The lowest BCUT2D eigenvalue weighted by atomic mass is 9.77. The van der Waals surface area contributed by atoms with Gasteiger partial charge in [-0.3, -0.25) is 0 Å². The van der Waals surface area contributed by atoms with Crippen molar-refractivity contribution in [2.75, 3.05) is 5.75 Å². The molecule has 0 amide bonds. The van der Waals surface area contributed by atoms with Crippen molar-refractivity contribution in [3.63, 3.8) is 0 Å². The summed E-state index contributed by atoms with van der Waals surface area (Å²) >= 11 is 2.18. The third-order valence-corrected chi connectivity index (χ3v) is 5.93. The van der Waals surface area contributed by atoms with E-state index in [2.05, 4.69) is 18.7 Å². The molecule has 2 fully saturated rings. The molecule has 1 heteroatoms. The highest BCUT2D eigenvalue weighted by Gasteiger charge is 2.31. The summed E-state index contributed by atoms with van der Waals surface area (Å²) in [5, 5.41) is 0.957. The minimum absolute atomic E-state index is 0.957. The Labute approximate surface area is 106 Å². The lowest BCUT2D eigenvalue weighted by molar-refractivity contribution is 0.255. The topological polar surface area (TPSA) is 0 Å². The molecule has 0 aromatic rings. The van der Waals surface area contributed by atoms with Crippen LogP contribution in [0.4, 0.5) is 0 Å². The highest BCUT2D eigenvalue weighted by Crippen LogP contribution is 2.41. The van der Waals surface area contributed by atoms with Crippen LogP contribution in [0.25, 0.3) is 0 Å². The monoisotopic (exact) mass is 239 g/mol. The summed E-state index contributed by atoms with van der Waals surface area (Å²) in [6.45, 7) is 4.08. The van der Waals surface area contributed by atoms with Gasteiger partial charge in [0.05, 0.1) is 0 Å². The highest BCUT2D eigenvalue weighted by atomic mass is 32.2. The maximum Gasteiger partial charge on any atom is 0.0104 e. The van der Waals surface area contributed by atoms with Crippen LogP contribution in [0.1, 0.15) is 64.2 Å². The van der Waals surface area contributed by atoms with E-state index in [0.717, 1.165) is 22.8 Å². The fourth-order valence-corrected chi connectivity index (χ4v) is 5.08. The van der Waals surface area contributed by atoms with Gasteiger partial charge >= 0.3 is 0 Å². The van der Waals surface area contributed by atoms with E-state index in [4.69, 9.17) is 0 Å². The van der Waals surface area contributed by atoms with Crippen molar-refractivity contribution in [2.24, 2.45) is 11.8 Å². The van der Waals surface area contributed by atoms with Crippen molar-refractivity contribution in [3.8, 4) is 0 Å². The predicted octanol–water partition coefficient (Wildman–Crippen LogP) is 5.08. The Hall–Kier alpha value is 0.350. The van der Waals surface area contributed by atoms with Crippen LogP contribution < -0.4 is 0 Å². The fourth-order valence-electron chi connectivity index (χ4n) is 3.72. The maximum absolute atomic E-state index is 4.08. The standard InChI is InChI=1S/C15H27S/c1-2-16-15(13-9-5-3-6-10-13)14-11-7-4-8-12-14/h13-15H,1-12H2. The van der Waals surface area contributed by atoms with Gasteiger partial charge < -0.3 is 0 Å². The molecule has 0 N–H and O–H groups in total. The average molecular weight is 239 g/mol. The van der Waals surface area contributed by atoms with Crippen molar-refractivity contribution in [3.05, 3.63) is 6.92 Å². The molecule has 0 heterocycles. The van der Waals surface area contributed by atoms with E-state index in [9.17, 15) is 0 Å². The lowest BCUT2D eigenvalue weighted by Crippen LogP contribution is -2.30. The first kappa shape index (κ1) is 12.8. The zero-order valence-electron chi connectivity index (χ0n) is 10.6. The molecule has 1 radical (unpaired) electrons.